The first-order valence-electron chi connectivity index (χ1n) is 4.19. The summed E-state index contributed by atoms with van der Waals surface area (Å²) >= 11 is 6.25. The second-order valence-electron chi connectivity index (χ2n) is 2.68. The summed E-state index contributed by atoms with van der Waals surface area (Å²) in [6.07, 6.45) is 0. The molecule has 5 heteroatoms. The zero-order valence-electron chi connectivity index (χ0n) is 7.95. The fraction of sp³-hybridized carbons (Fsp3) is 0.200. The number of nitriles is 1. The number of halogens is 1. The van der Waals surface area contributed by atoms with Crippen LogP contribution in [0.15, 0.2) is 17.0 Å². The summed E-state index contributed by atoms with van der Waals surface area (Å²) in [5, 5.41) is 8.86. The lowest BCUT2D eigenvalue weighted by atomic mass is 10.1. The van der Waals surface area contributed by atoms with E-state index >= 15 is 0 Å². The minimum absolute atomic E-state index is 0.268. The fourth-order valence-electron chi connectivity index (χ4n) is 1.03. The molecule has 0 unspecified atom stereocenters. The van der Waals surface area contributed by atoms with Crippen LogP contribution in [0.1, 0.15) is 22.8 Å². The predicted molar refractivity (Wildman–Crippen MR) is 67.1 cm³/mol. The maximum atomic E-state index is 11.5. The Kier molecular flexibility index (Phi) is 4.42. The quantitative estimate of drug-likeness (QED) is 0.514. The molecule has 0 saturated carbocycles. The Morgan fingerprint density at radius 2 is 2.33 bits per heavy atom. The summed E-state index contributed by atoms with van der Waals surface area (Å²) in [5.74, 6) is -0.485. The number of esters is 1. The molecular formula is C10H8INO2S. The van der Waals surface area contributed by atoms with Gasteiger partial charge in [-0.25, -0.2) is 4.79 Å². The molecule has 0 radical (unpaired) electrons. The molecule has 1 aromatic rings. The summed E-state index contributed by atoms with van der Waals surface area (Å²) in [4.78, 5) is 12.1. The Hall–Kier alpha value is -0.740. The van der Waals surface area contributed by atoms with Gasteiger partial charge < -0.3 is 4.74 Å². The van der Waals surface area contributed by atoms with E-state index in [0.717, 1.165) is 3.57 Å². The molecule has 1 aromatic carbocycles. The van der Waals surface area contributed by atoms with Crippen molar-refractivity contribution >= 4 is 41.2 Å². The molecule has 0 bridgehead atoms. The number of nitrogens with zero attached hydrogens (tertiary/aromatic N) is 1. The highest BCUT2D eigenvalue weighted by Gasteiger charge is 2.14. The molecule has 0 aliphatic rings. The van der Waals surface area contributed by atoms with Gasteiger partial charge in [0.1, 0.15) is 6.07 Å². The number of ether oxygens (including phenoxy) is 1. The summed E-state index contributed by atoms with van der Waals surface area (Å²) < 4.78 is 5.67. The number of carbonyl (C=O) groups excluding carboxylic acids is 1. The number of hydrogen-bond donors (Lipinski definition) is 1. The number of rotatable bonds is 2. The molecule has 0 N–H and O–H groups in total. The number of carbonyl (C=O) groups is 1. The predicted octanol–water partition coefficient (Wildman–Crippen LogP) is 2.63. The van der Waals surface area contributed by atoms with Crippen LogP contribution in [0, 0.1) is 14.9 Å². The molecule has 0 atom stereocenters. The summed E-state index contributed by atoms with van der Waals surface area (Å²) in [7, 11) is 0. The van der Waals surface area contributed by atoms with Crippen molar-refractivity contribution in [1.82, 2.24) is 0 Å². The molecule has 3 nitrogen and oxygen atoms in total. The van der Waals surface area contributed by atoms with Gasteiger partial charge in [0, 0.05) is 8.47 Å². The van der Waals surface area contributed by atoms with Crippen LogP contribution in [0.2, 0.25) is 0 Å². The normalized spacial score (nSPS) is 9.47. The molecule has 0 aliphatic heterocycles. The maximum absolute atomic E-state index is 11.5. The highest BCUT2D eigenvalue weighted by Crippen LogP contribution is 2.22. The molecule has 1 rings (SSSR count). The van der Waals surface area contributed by atoms with Crippen LogP contribution < -0.4 is 0 Å². The van der Waals surface area contributed by atoms with Gasteiger partial charge in [-0.2, -0.15) is 5.26 Å². The van der Waals surface area contributed by atoms with Crippen molar-refractivity contribution in [2.45, 2.75) is 11.8 Å². The summed E-state index contributed by atoms with van der Waals surface area (Å²) in [5.41, 5.74) is 0.584. The topological polar surface area (TPSA) is 50.1 Å². The first-order chi connectivity index (χ1) is 7.10. The van der Waals surface area contributed by atoms with Gasteiger partial charge >= 0.3 is 5.97 Å². The van der Waals surface area contributed by atoms with Crippen LogP contribution in [0.4, 0.5) is 0 Å². The van der Waals surface area contributed by atoms with Gasteiger partial charge in [0.15, 0.2) is 0 Å². The zero-order chi connectivity index (χ0) is 11.4. The van der Waals surface area contributed by atoms with E-state index in [9.17, 15) is 4.79 Å². The van der Waals surface area contributed by atoms with Gasteiger partial charge in [0.25, 0.3) is 0 Å². The highest BCUT2D eigenvalue weighted by molar-refractivity contribution is 14.1. The van der Waals surface area contributed by atoms with Gasteiger partial charge in [0.2, 0.25) is 0 Å². The van der Waals surface area contributed by atoms with Crippen molar-refractivity contribution < 1.29 is 9.53 Å². The molecule has 0 saturated heterocycles. The Morgan fingerprint density at radius 3 is 2.87 bits per heavy atom. The van der Waals surface area contributed by atoms with Crippen molar-refractivity contribution in [3.63, 3.8) is 0 Å². The molecule has 0 fully saturated rings. The summed E-state index contributed by atoms with van der Waals surface area (Å²) in [6, 6.07) is 5.14. The van der Waals surface area contributed by atoms with Gasteiger partial charge in [-0.1, -0.05) is 0 Å². The van der Waals surface area contributed by atoms with Gasteiger partial charge in [0.05, 0.1) is 17.7 Å². The molecule has 0 aliphatic carbocycles. The van der Waals surface area contributed by atoms with Crippen molar-refractivity contribution in [2.75, 3.05) is 6.61 Å². The van der Waals surface area contributed by atoms with Crippen LogP contribution in [0.5, 0.6) is 0 Å². The molecule has 0 heterocycles. The number of thiol groups is 1. The first kappa shape index (κ1) is 12.3. The number of hydrogen-bond acceptors (Lipinski definition) is 4. The third kappa shape index (κ3) is 2.86. The van der Waals surface area contributed by atoms with E-state index in [2.05, 4.69) is 35.2 Å². The Bertz CT molecular complexity index is 440. The molecule has 15 heavy (non-hydrogen) atoms. The Morgan fingerprint density at radius 1 is 1.67 bits per heavy atom. The van der Waals surface area contributed by atoms with Crippen LogP contribution >= 0.6 is 35.2 Å². The highest BCUT2D eigenvalue weighted by atomic mass is 127. The third-order valence-corrected chi connectivity index (χ3v) is 3.39. The van der Waals surface area contributed by atoms with E-state index < -0.39 is 5.97 Å². The SMILES string of the molecule is CCOC(=O)c1cc(S)c(I)cc1C#N. The molecule has 78 valence electrons. The first-order valence-corrected chi connectivity index (χ1v) is 5.72. The second-order valence-corrected chi connectivity index (χ2v) is 4.33. The maximum Gasteiger partial charge on any atom is 0.339 e. The summed E-state index contributed by atoms with van der Waals surface area (Å²) in [6.45, 7) is 2.01. The van der Waals surface area contributed by atoms with Crippen LogP contribution in [-0.4, -0.2) is 12.6 Å². The lowest BCUT2D eigenvalue weighted by Gasteiger charge is -2.05. The molecular weight excluding hydrogens is 325 g/mol. The van der Waals surface area contributed by atoms with E-state index in [1.165, 1.54) is 0 Å². The Labute approximate surface area is 107 Å². The zero-order valence-corrected chi connectivity index (χ0v) is 11.0. The third-order valence-electron chi connectivity index (χ3n) is 1.70. The average molecular weight is 333 g/mol. The van der Waals surface area contributed by atoms with Crippen molar-refractivity contribution in [3.8, 4) is 6.07 Å². The average Bonchev–Trinajstić information content (AvgIpc) is 2.21. The van der Waals surface area contributed by atoms with E-state index in [1.54, 1.807) is 19.1 Å². The van der Waals surface area contributed by atoms with Crippen molar-refractivity contribution in [3.05, 3.63) is 26.8 Å². The lowest BCUT2D eigenvalue weighted by molar-refractivity contribution is 0.0525. The van der Waals surface area contributed by atoms with Gasteiger partial charge in [-0.15, -0.1) is 12.6 Å². The van der Waals surface area contributed by atoms with E-state index in [1.807, 2.05) is 6.07 Å². The number of benzene rings is 1. The minimum Gasteiger partial charge on any atom is -0.462 e. The monoisotopic (exact) mass is 333 g/mol. The van der Waals surface area contributed by atoms with Crippen LogP contribution in [-0.2, 0) is 4.74 Å². The van der Waals surface area contributed by atoms with E-state index in [4.69, 9.17) is 10.00 Å². The molecule has 0 spiro atoms. The van der Waals surface area contributed by atoms with Crippen molar-refractivity contribution in [2.24, 2.45) is 0 Å². The smallest absolute Gasteiger partial charge is 0.339 e. The van der Waals surface area contributed by atoms with Gasteiger partial charge in [-0.3, -0.25) is 0 Å². The minimum atomic E-state index is -0.485. The van der Waals surface area contributed by atoms with E-state index in [-0.39, 0.29) is 12.2 Å². The standard InChI is InChI=1S/C10H8INO2S/c1-2-14-10(13)7-4-9(15)8(11)3-6(7)5-12/h3-4,15H,2H2,1H3. The van der Waals surface area contributed by atoms with Crippen LogP contribution in [0.3, 0.4) is 0 Å². The van der Waals surface area contributed by atoms with E-state index in [0.29, 0.717) is 10.5 Å². The molecule has 0 amide bonds. The lowest BCUT2D eigenvalue weighted by Crippen LogP contribution is -2.07. The fourth-order valence-corrected chi connectivity index (χ4v) is 1.69. The van der Waals surface area contributed by atoms with Crippen LogP contribution in [0.25, 0.3) is 0 Å². The Balaban J connectivity index is 3.23. The largest absolute Gasteiger partial charge is 0.462 e. The molecule has 0 aromatic heterocycles. The van der Waals surface area contributed by atoms with Gasteiger partial charge in [-0.05, 0) is 41.6 Å². The second kappa shape index (κ2) is 5.37. The van der Waals surface area contributed by atoms with Crippen molar-refractivity contribution in [1.29, 1.82) is 5.26 Å².